The molecular formula is C8H12N6O. The molecule has 1 heterocycles. The lowest BCUT2D eigenvalue weighted by Crippen LogP contribution is -2.05. The third kappa shape index (κ3) is 3.22. The highest BCUT2D eigenvalue weighted by molar-refractivity contribution is 5.32. The van der Waals surface area contributed by atoms with Crippen LogP contribution in [0.2, 0.25) is 0 Å². The second kappa shape index (κ2) is 5.53. The van der Waals surface area contributed by atoms with Crippen LogP contribution in [0.3, 0.4) is 0 Å². The number of anilines is 1. The van der Waals surface area contributed by atoms with E-state index in [1.54, 1.807) is 19.3 Å². The molecule has 1 rings (SSSR count). The molecule has 0 atom stereocenters. The number of ether oxygens (including phenoxy) is 1. The average molecular weight is 208 g/mol. The number of nitrogens with one attached hydrogen (secondary N) is 2. The SMILES string of the molecule is CNc1ccnc(OC/C(=C/N)N=N)n1. The van der Waals surface area contributed by atoms with Crippen LogP contribution in [-0.2, 0) is 0 Å². The van der Waals surface area contributed by atoms with Crippen molar-refractivity contribution in [3.8, 4) is 6.01 Å². The van der Waals surface area contributed by atoms with E-state index in [1.165, 1.54) is 6.20 Å². The minimum absolute atomic E-state index is 0.0766. The predicted octanol–water partition coefficient (Wildman–Crippen LogP) is 0.728. The Morgan fingerprint density at radius 1 is 1.80 bits per heavy atom. The standard InChI is InChI=1S/C8H12N6O/c1-11-7-2-3-12-8(13-7)15-5-6(4-9)14-10/h2-4,10H,5,9H2,1H3,(H,11,12,13)/b6-4-,14-10?. The summed E-state index contributed by atoms with van der Waals surface area (Å²) in [7, 11) is 1.75. The summed E-state index contributed by atoms with van der Waals surface area (Å²) in [6, 6.07) is 1.92. The second-order valence-corrected chi connectivity index (χ2v) is 2.53. The quantitative estimate of drug-likeness (QED) is 0.618. The summed E-state index contributed by atoms with van der Waals surface area (Å²) < 4.78 is 5.17. The zero-order valence-electron chi connectivity index (χ0n) is 8.27. The van der Waals surface area contributed by atoms with Gasteiger partial charge in [-0.15, -0.1) is 0 Å². The second-order valence-electron chi connectivity index (χ2n) is 2.53. The first-order chi connectivity index (χ1) is 7.30. The van der Waals surface area contributed by atoms with Crippen LogP contribution in [0.1, 0.15) is 0 Å². The molecule has 0 bridgehead atoms. The van der Waals surface area contributed by atoms with Gasteiger partial charge < -0.3 is 15.8 Å². The van der Waals surface area contributed by atoms with Gasteiger partial charge in [-0.2, -0.15) is 10.1 Å². The van der Waals surface area contributed by atoms with Crippen molar-refractivity contribution in [3.63, 3.8) is 0 Å². The van der Waals surface area contributed by atoms with E-state index in [9.17, 15) is 0 Å². The Hall–Kier alpha value is -2.18. The van der Waals surface area contributed by atoms with Crippen molar-refractivity contribution >= 4 is 5.82 Å². The molecule has 0 aromatic carbocycles. The van der Waals surface area contributed by atoms with E-state index in [4.69, 9.17) is 16.0 Å². The molecule has 0 saturated carbocycles. The molecule has 1 aromatic rings. The van der Waals surface area contributed by atoms with E-state index in [2.05, 4.69) is 20.4 Å². The van der Waals surface area contributed by atoms with Gasteiger partial charge in [0, 0.05) is 19.4 Å². The molecule has 0 aliphatic carbocycles. The van der Waals surface area contributed by atoms with Gasteiger partial charge in [-0.05, 0) is 6.07 Å². The zero-order chi connectivity index (χ0) is 11.1. The number of hydrogen-bond donors (Lipinski definition) is 3. The van der Waals surface area contributed by atoms with Gasteiger partial charge in [0.05, 0.1) is 0 Å². The van der Waals surface area contributed by atoms with Gasteiger partial charge in [-0.3, -0.25) is 0 Å². The van der Waals surface area contributed by atoms with Crippen molar-refractivity contribution in [1.29, 1.82) is 5.53 Å². The molecule has 0 amide bonds. The van der Waals surface area contributed by atoms with Gasteiger partial charge >= 0.3 is 6.01 Å². The molecular weight excluding hydrogens is 196 g/mol. The van der Waals surface area contributed by atoms with Crippen LogP contribution in [0, 0.1) is 5.53 Å². The average Bonchev–Trinajstić information content (AvgIpc) is 2.31. The van der Waals surface area contributed by atoms with Crippen LogP contribution in [0.25, 0.3) is 0 Å². The van der Waals surface area contributed by atoms with Crippen LogP contribution >= 0.6 is 0 Å². The topological polar surface area (TPSA) is 109 Å². The molecule has 0 unspecified atom stereocenters. The Labute approximate surface area is 86.9 Å². The van der Waals surface area contributed by atoms with Crippen molar-refractivity contribution in [1.82, 2.24) is 9.97 Å². The molecule has 0 spiro atoms. The van der Waals surface area contributed by atoms with E-state index in [1.807, 2.05) is 0 Å². The fraction of sp³-hybridized carbons (Fsp3) is 0.250. The third-order valence-electron chi connectivity index (χ3n) is 1.57. The number of nitrogens with two attached hydrogens (primary N) is 1. The lowest BCUT2D eigenvalue weighted by molar-refractivity contribution is 0.321. The number of aromatic nitrogens is 2. The lowest BCUT2D eigenvalue weighted by atomic mass is 10.5. The molecule has 0 saturated heterocycles. The van der Waals surface area contributed by atoms with Crippen molar-refractivity contribution in [3.05, 3.63) is 24.2 Å². The highest BCUT2D eigenvalue weighted by Crippen LogP contribution is 2.07. The van der Waals surface area contributed by atoms with Gasteiger partial charge in [0.25, 0.3) is 0 Å². The molecule has 15 heavy (non-hydrogen) atoms. The summed E-state index contributed by atoms with van der Waals surface area (Å²) in [6.07, 6.45) is 2.77. The number of hydrogen-bond acceptors (Lipinski definition) is 7. The van der Waals surface area contributed by atoms with Crippen molar-refractivity contribution in [2.45, 2.75) is 0 Å². The first-order valence-electron chi connectivity index (χ1n) is 4.22. The molecule has 0 aliphatic rings. The maximum Gasteiger partial charge on any atom is 0.318 e. The minimum Gasteiger partial charge on any atom is -0.457 e. The van der Waals surface area contributed by atoms with E-state index in [0.29, 0.717) is 11.5 Å². The van der Waals surface area contributed by atoms with Gasteiger partial charge in [0.2, 0.25) is 0 Å². The molecule has 0 radical (unpaired) electrons. The monoisotopic (exact) mass is 208 g/mol. The largest absolute Gasteiger partial charge is 0.457 e. The minimum atomic E-state index is 0.0766. The summed E-state index contributed by atoms with van der Waals surface area (Å²) in [5.74, 6) is 0.654. The smallest absolute Gasteiger partial charge is 0.318 e. The molecule has 0 aliphatic heterocycles. The maximum absolute atomic E-state index is 6.75. The Morgan fingerprint density at radius 2 is 2.60 bits per heavy atom. The Balaban J connectivity index is 2.61. The number of rotatable bonds is 5. The Bertz CT molecular complexity index is 364. The summed E-state index contributed by atoms with van der Waals surface area (Å²) in [5, 5.41) is 6.01. The summed E-state index contributed by atoms with van der Waals surface area (Å²) in [5.41, 5.74) is 12.3. The highest BCUT2D eigenvalue weighted by atomic mass is 16.5. The molecule has 7 nitrogen and oxygen atoms in total. The molecule has 4 N–H and O–H groups in total. The highest BCUT2D eigenvalue weighted by Gasteiger charge is 2.00. The zero-order valence-corrected chi connectivity index (χ0v) is 8.27. The first kappa shape index (κ1) is 10.9. The van der Waals surface area contributed by atoms with E-state index < -0.39 is 0 Å². The summed E-state index contributed by atoms with van der Waals surface area (Å²) >= 11 is 0. The van der Waals surface area contributed by atoms with Gasteiger partial charge in [-0.25, -0.2) is 10.5 Å². The number of nitrogens with zero attached hydrogens (tertiary/aromatic N) is 3. The van der Waals surface area contributed by atoms with E-state index in [-0.39, 0.29) is 12.6 Å². The molecule has 0 fully saturated rings. The summed E-state index contributed by atoms with van der Waals surface area (Å²) in [6.45, 7) is 0.0766. The normalized spacial score (nSPS) is 10.9. The molecule has 7 heteroatoms. The lowest BCUT2D eigenvalue weighted by Gasteiger charge is -2.04. The predicted molar refractivity (Wildman–Crippen MR) is 54.5 cm³/mol. The maximum atomic E-state index is 6.75. The fourth-order valence-electron chi connectivity index (χ4n) is 0.806. The molecule has 80 valence electrons. The van der Waals surface area contributed by atoms with Crippen molar-refractivity contribution < 1.29 is 4.74 Å². The Kier molecular flexibility index (Phi) is 4.02. The van der Waals surface area contributed by atoms with Crippen LogP contribution in [0.5, 0.6) is 6.01 Å². The Morgan fingerprint density at radius 3 is 3.20 bits per heavy atom. The first-order valence-corrected chi connectivity index (χ1v) is 4.22. The fourth-order valence-corrected chi connectivity index (χ4v) is 0.806. The van der Waals surface area contributed by atoms with Gasteiger partial charge in [-0.1, -0.05) is 0 Å². The van der Waals surface area contributed by atoms with Crippen LogP contribution in [0.4, 0.5) is 5.82 Å². The van der Waals surface area contributed by atoms with Crippen LogP contribution in [-0.4, -0.2) is 23.6 Å². The van der Waals surface area contributed by atoms with Crippen molar-refractivity contribution in [2.24, 2.45) is 10.8 Å². The summed E-state index contributed by atoms with van der Waals surface area (Å²) in [4.78, 5) is 7.90. The van der Waals surface area contributed by atoms with Gasteiger partial charge in [0.15, 0.2) is 0 Å². The van der Waals surface area contributed by atoms with Crippen LogP contribution in [0.15, 0.2) is 29.3 Å². The molecule has 1 aromatic heterocycles. The van der Waals surface area contributed by atoms with E-state index >= 15 is 0 Å². The van der Waals surface area contributed by atoms with Gasteiger partial charge in [0.1, 0.15) is 18.1 Å². The van der Waals surface area contributed by atoms with Crippen LogP contribution < -0.4 is 15.8 Å². The van der Waals surface area contributed by atoms with Crippen molar-refractivity contribution in [2.75, 3.05) is 19.0 Å². The third-order valence-corrected chi connectivity index (χ3v) is 1.57. The van der Waals surface area contributed by atoms with E-state index in [0.717, 1.165) is 0 Å².